The zero-order valence-electron chi connectivity index (χ0n) is 12.2. The quantitative estimate of drug-likeness (QED) is 0.884. The molecule has 1 fully saturated rings. The number of carboxylic acid groups (broad SMARTS) is 1. The van der Waals surface area contributed by atoms with Gasteiger partial charge in [-0.3, -0.25) is 9.59 Å². The number of benzene rings is 1. The molecule has 0 spiro atoms. The first-order valence-corrected chi connectivity index (χ1v) is 7.25. The second kappa shape index (κ2) is 6.20. The van der Waals surface area contributed by atoms with Crippen LogP contribution < -0.4 is 0 Å². The predicted molar refractivity (Wildman–Crippen MR) is 77.3 cm³/mol. The van der Waals surface area contributed by atoms with Crippen LogP contribution in [0.5, 0.6) is 0 Å². The Balaban J connectivity index is 1.77. The molecule has 1 aromatic heterocycles. The van der Waals surface area contributed by atoms with Crippen molar-refractivity contribution in [3.63, 3.8) is 0 Å². The lowest BCUT2D eigenvalue weighted by Gasteiger charge is -2.19. The highest BCUT2D eigenvalue weighted by molar-refractivity contribution is 5.94. The number of carboxylic acids is 1. The number of aromatic nitrogens is 1. The van der Waals surface area contributed by atoms with Crippen LogP contribution in [0.15, 0.2) is 34.9 Å². The van der Waals surface area contributed by atoms with Crippen LogP contribution in [0.1, 0.15) is 40.6 Å². The van der Waals surface area contributed by atoms with E-state index in [2.05, 4.69) is 5.16 Å². The van der Waals surface area contributed by atoms with Crippen LogP contribution >= 0.6 is 0 Å². The fraction of sp³-hybridized carbons (Fsp3) is 0.312. The molecule has 1 aliphatic rings. The number of amides is 1. The predicted octanol–water partition coefficient (Wildman–Crippen LogP) is 2.42. The first kappa shape index (κ1) is 15.2. The SMILES string of the molecule is O=C(O)CN(Cc1ccc(F)cc1)C(=O)c1cc(C2CC2)on1. The Morgan fingerprint density at radius 2 is 2.00 bits per heavy atom. The van der Waals surface area contributed by atoms with E-state index in [1.165, 1.54) is 24.3 Å². The number of carbonyl (C=O) groups excluding carboxylic acids is 1. The molecular weight excluding hydrogens is 303 g/mol. The molecule has 23 heavy (non-hydrogen) atoms. The lowest BCUT2D eigenvalue weighted by molar-refractivity contribution is -0.137. The third kappa shape index (κ3) is 3.74. The maximum atomic E-state index is 12.9. The van der Waals surface area contributed by atoms with Crippen LogP contribution in [0, 0.1) is 5.82 Å². The molecule has 0 atom stereocenters. The summed E-state index contributed by atoms with van der Waals surface area (Å²) in [5, 5.41) is 12.7. The summed E-state index contributed by atoms with van der Waals surface area (Å²) in [6.45, 7) is -0.418. The Morgan fingerprint density at radius 1 is 1.30 bits per heavy atom. The zero-order chi connectivity index (χ0) is 16.4. The van der Waals surface area contributed by atoms with Gasteiger partial charge in [0.05, 0.1) is 0 Å². The maximum Gasteiger partial charge on any atom is 0.323 e. The zero-order valence-corrected chi connectivity index (χ0v) is 12.2. The van der Waals surface area contributed by atoms with Crippen molar-refractivity contribution in [1.29, 1.82) is 0 Å². The number of nitrogens with zero attached hydrogens (tertiary/aromatic N) is 2. The fourth-order valence-corrected chi connectivity index (χ4v) is 2.29. The highest BCUT2D eigenvalue weighted by atomic mass is 19.1. The molecule has 0 unspecified atom stereocenters. The van der Waals surface area contributed by atoms with Gasteiger partial charge >= 0.3 is 5.97 Å². The van der Waals surface area contributed by atoms with Gasteiger partial charge in [-0.05, 0) is 30.5 Å². The van der Waals surface area contributed by atoms with Crippen molar-refractivity contribution in [2.75, 3.05) is 6.54 Å². The molecule has 0 bridgehead atoms. The first-order valence-electron chi connectivity index (χ1n) is 7.25. The van der Waals surface area contributed by atoms with E-state index in [-0.39, 0.29) is 12.2 Å². The van der Waals surface area contributed by atoms with Crippen LogP contribution in [0.2, 0.25) is 0 Å². The van der Waals surface area contributed by atoms with Gasteiger partial charge in [-0.2, -0.15) is 0 Å². The van der Waals surface area contributed by atoms with E-state index in [0.717, 1.165) is 17.7 Å². The average molecular weight is 318 g/mol. The molecule has 2 aromatic rings. The molecule has 0 radical (unpaired) electrons. The molecular formula is C16H15FN2O4. The van der Waals surface area contributed by atoms with Crippen LogP contribution in [0.25, 0.3) is 0 Å². The van der Waals surface area contributed by atoms with Crippen molar-refractivity contribution in [2.45, 2.75) is 25.3 Å². The molecule has 6 nitrogen and oxygen atoms in total. The van der Waals surface area contributed by atoms with E-state index in [1.807, 2.05) is 0 Å². The Bertz CT molecular complexity index is 722. The molecule has 0 aliphatic heterocycles. The fourth-order valence-electron chi connectivity index (χ4n) is 2.29. The number of hydrogen-bond acceptors (Lipinski definition) is 4. The van der Waals surface area contributed by atoms with E-state index in [0.29, 0.717) is 17.2 Å². The highest BCUT2D eigenvalue weighted by Crippen LogP contribution is 2.40. The van der Waals surface area contributed by atoms with Crippen LogP contribution in [-0.2, 0) is 11.3 Å². The normalized spacial score (nSPS) is 13.8. The third-order valence-corrected chi connectivity index (χ3v) is 3.63. The third-order valence-electron chi connectivity index (χ3n) is 3.63. The summed E-state index contributed by atoms with van der Waals surface area (Å²) in [4.78, 5) is 24.6. The minimum absolute atomic E-state index is 0.0526. The maximum absolute atomic E-state index is 12.9. The van der Waals surface area contributed by atoms with Crippen molar-refractivity contribution < 1.29 is 23.6 Å². The number of hydrogen-bond donors (Lipinski definition) is 1. The summed E-state index contributed by atoms with van der Waals surface area (Å²) in [6, 6.07) is 7.12. The van der Waals surface area contributed by atoms with Gasteiger partial charge in [0, 0.05) is 18.5 Å². The standard InChI is InChI=1S/C16H15FN2O4/c17-12-5-1-10(2-6-12)8-19(9-15(20)21)16(22)13-7-14(23-18-13)11-3-4-11/h1-2,5-7,11H,3-4,8-9H2,(H,20,21). The lowest BCUT2D eigenvalue weighted by Crippen LogP contribution is -2.35. The second-order valence-electron chi connectivity index (χ2n) is 5.57. The van der Waals surface area contributed by atoms with Crippen molar-refractivity contribution in [1.82, 2.24) is 10.1 Å². The summed E-state index contributed by atoms with van der Waals surface area (Å²) in [6.07, 6.45) is 2.02. The van der Waals surface area contributed by atoms with Crippen LogP contribution in [0.4, 0.5) is 4.39 Å². The Labute approximate surface area is 131 Å². The van der Waals surface area contributed by atoms with Gasteiger partial charge in [0.15, 0.2) is 5.69 Å². The van der Waals surface area contributed by atoms with Crippen molar-refractivity contribution >= 4 is 11.9 Å². The monoisotopic (exact) mass is 318 g/mol. The van der Waals surface area contributed by atoms with Crippen LogP contribution in [-0.4, -0.2) is 33.6 Å². The minimum Gasteiger partial charge on any atom is -0.480 e. The van der Waals surface area contributed by atoms with E-state index < -0.39 is 24.2 Å². The van der Waals surface area contributed by atoms with Crippen LogP contribution in [0.3, 0.4) is 0 Å². The van der Waals surface area contributed by atoms with Gasteiger partial charge in [0.1, 0.15) is 18.1 Å². The molecule has 1 saturated carbocycles. The number of halogens is 1. The summed E-state index contributed by atoms with van der Waals surface area (Å²) in [7, 11) is 0. The molecule has 1 heterocycles. The van der Waals surface area contributed by atoms with E-state index in [1.54, 1.807) is 6.07 Å². The van der Waals surface area contributed by atoms with Gasteiger partial charge < -0.3 is 14.5 Å². The topological polar surface area (TPSA) is 83.6 Å². The van der Waals surface area contributed by atoms with Crippen molar-refractivity contribution in [3.05, 3.63) is 53.2 Å². The Kier molecular flexibility index (Phi) is 4.10. The number of aliphatic carboxylic acids is 1. The van der Waals surface area contributed by atoms with E-state index in [9.17, 15) is 14.0 Å². The van der Waals surface area contributed by atoms with E-state index >= 15 is 0 Å². The molecule has 120 valence electrons. The summed E-state index contributed by atoms with van der Waals surface area (Å²) < 4.78 is 18.1. The lowest BCUT2D eigenvalue weighted by atomic mass is 10.2. The molecule has 1 aliphatic carbocycles. The number of carbonyl (C=O) groups is 2. The summed E-state index contributed by atoms with van der Waals surface area (Å²) >= 11 is 0. The van der Waals surface area contributed by atoms with Gasteiger partial charge in [0.2, 0.25) is 0 Å². The van der Waals surface area contributed by atoms with Crippen molar-refractivity contribution in [3.8, 4) is 0 Å². The average Bonchev–Trinajstić information content (AvgIpc) is 3.25. The molecule has 1 aromatic carbocycles. The van der Waals surface area contributed by atoms with Gasteiger partial charge in [-0.1, -0.05) is 17.3 Å². The molecule has 7 heteroatoms. The first-order chi connectivity index (χ1) is 11.0. The van der Waals surface area contributed by atoms with Gasteiger partial charge in [-0.25, -0.2) is 4.39 Å². The van der Waals surface area contributed by atoms with Gasteiger partial charge in [-0.15, -0.1) is 0 Å². The summed E-state index contributed by atoms with van der Waals surface area (Å²) in [5.74, 6) is -1.08. The molecule has 1 amide bonds. The Morgan fingerprint density at radius 3 is 2.61 bits per heavy atom. The minimum atomic E-state index is -1.13. The highest BCUT2D eigenvalue weighted by Gasteiger charge is 2.30. The second-order valence-corrected chi connectivity index (χ2v) is 5.57. The Hall–Kier alpha value is -2.70. The largest absolute Gasteiger partial charge is 0.480 e. The molecule has 0 saturated heterocycles. The number of rotatable bonds is 6. The van der Waals surface area contributed by atoms with Gasteiger partial charge in [0.25, 0.3) is 5.91 Å². The van der Waals surface area contributed by atoms with Crippen molar-refractivity contribution in [2.24, 2.45) is 0 Å². The molecule has 1 N–H and O–H groups in total. The smallest absolute Gasteiger partial charge is 0.323 e. The summed E-state index contributed by atoms with van der Waals surface area (Å²) in [5.41, 5.74) is 0.724. The molecule has 3 rings (SSSR count). The van der Waals surface area contributed by atoms with E-state index in [4.69, 9.17) is 9.63 Å².